The summed E-state index contributed by atoms with van der Waals surface area (Å²) in [5, 5.41) is 12.4. The standard InChI is InChI=1S/C20H15Br2ClFN5O2/c1-28-17(30)16(29(19(28)31)15-9-5-3-7-13(15)24)27-18(20(21,22)11-23)26-14-8-4-2-6-12(14)10-25/h2-9,18,26H,11H2,1H3. The van der Waals surface area contributed by atoms with Crippen LogP contribution in [0, 0.1) is 17.1 Å². The van der Waals surface area contributed by atoms with Crippen molar-refractivity contribution < 1.29 is 14.0 Å². The molecule has 0 bridgehead atoms. The normalized spacial score (nSPS) is 16.6. The minimum absolute atomic E-state index is 0.00611. The fraction of sp³-hybridized carbons (Fsp3) is 0.200. The van der Waals surface area contributed by atoms with Gasteiger partial charge in [0.25, 0.3) is 5.91 Å². The molecule has 0 aromatic heterocycles. The molecular weight excluding hydrogens is 557 g/mol. The van der Waals surface area contributed by atoms with Gasteiger partial charge in [0.15, 0.2) is 0 Å². The van der Waals surface area contributed by atoms with Gasteiger partial charge >= 0.3 is 6.03 Å². The number of halogens is 4. The lowest BCUT2D eigenvalue weighted by atomic mass is 10.2. The number of imide groups is 1. The Hall–Kier alpha value is -2.48. The van der Waals surface area contributed by atoms with Gasteiger partial charge in [-0.25, -0.2) is 19.1 Å². The summed E-state index contributed by atoms with van der Waals surface area (Å²) in [7, 11) is 1.28. The van der Waals surface area contributed by atoms with Crippen molar-refractivity contribution in [2.45, 2.75) is 9.40 Å². The highest BCUT2D eigenvalue weighted by atomic mass is 79.9. The van der Waals surface area contributed by atoms with Crippen LogP contribution in [0.2, 0.25) is 0 Å². The van der Waals surface area contributed by atoms with Gasteiger partial charge in [-0.1, -0.05) is 56.1 Å². The summed E-state index contributed by atoms with van der Waals surface area (Å²) >= 11 is 12.9. The summed E-state index contributed by atoms with van der Waals surface area (Å²) in [5.74, 6) is -1.70. The topological polar surface area (TPSA) is 88.8 Å². The molecule has 2 aromatic rings. The molecule has 1 aliphatic rings. The van der Waals surface area contributed by atoms with E-state index in [1.165, 1.54) is 25.2 Å². The largest absolute Gasteiger partial charge is 0.361 e. The Morgan fingerprint density at radius 3 is 2.52 bits per heavy atom. The molecule has 0 saturated carbocycles. The Bertz CT molecular complexity index is 1100. The van der Waals surface area contributed by atoms with Crippen molar-refractivity contribution in [2.24, 2.45) is 4.99 Å². The van der Waals surface area contributed by atoms with Crippen molar-refractivity contribution in [1.29, 1.82) is 5.26 Å². The highest BCUT2D eigenvalue weighted by Crippen LogP contribution is 2.36. The van der Waals surface area contributed by atoms with E-state index < -0.39 is 27.2 Å². The number of carbonyl (C=O) groups excluding carboxylic acids is 2. The molecule has 160 valence electrons. The predicted octanol–water partition coefficient (Wildman–Crippen LogP) is 4.66. The molecule has 0 spiro atoms. The summed E-state index contributed by atoms with van der Waals surface area (Å²) in [6, 6.07) is 13.6. The molecule has 1 unspecified atom stereocenters. The lowest BCUT2D eigenvalue weighted by molar-refractivity contribution is -0.119. The van der Waals surface area contributed by atoms with Crippen LogP contribution in [0.25, 0.3) is 0 Å². The summed E-state index contributed by atoms with van der Waals surface area (Å²) < 4.78 is 13.4. The molecule has 3 amide bonds. The zero-order chi connectivity index (χ0) is 22.8. The zero-order valence-corrected chi connectivity index (χ0v) is 19.9. The number of nitrogens with zero attached hydrogens (tertiary/aromatic N) is 4. The highest BCUT2D eigenvalue weighted by molar-refractivity contribution is 9.25. The maximum atomic E-state index is 14.5. The van der Waals surface area contributed by atoms with Crippen LogP contribution < -0.4 is 10.2 Å². The van der Waals surface area contributed by atoms with Crippen LogP contribution >= 0.6 is 43.5 Å². The zero-order valence-electron chi connectivity index (χ0n) is 16.0. The lowest BCUT2D eigenvalue weighted by Crippen LogP contribution is -2.41. The van der Waals surface area contributed by atoms with Crippen LogP contribution in [0.4, 0.5) is 20.6 Å². The molecule has 1 atom stereocenters. The second kappa shape index (κ2) is 9.34. The maximum Gasteiger partial charge on any atom is 0.337 e. The van der Waals surface area contributed by atoms with Crippen LogP contribution in [-0.4, -0.2) is 45.0 Å². The second-order valence-electron chi connectivity index (χ2n) is 6.49. The van der Waals surface area contributed by atoms with E-state index in [0.717, 1.165) is 9.80 Å². The van der Waals surface area contributed by atoms with Crippen molar-refractivity contribution >= 4 is 72.6 Å². The lowest BCUT2D eigenvalue weighted by Gasteiger charge is -2.28. The Morgan fingerprint density at radius 1 is 1.23 bits per heavy atom. The number of rotatable bonds is 6. The van der Waals surface area contributed by atoms with Crippen molar-refractivity contribution in [3.63, 3.8) is 0 Å². The first kappa shape index (κ1) is 23.2. The number of likely N-dealkylation sites (N-methyl/N-ethyl adjacent to an activating group) is 1. The summed E-state index contributed by atoms with van der Waals surface area (Å²) in [6.45, 7) is 0. The van der Waals surface area contributed by atoms with Crippen LogP contribution in [-0.2, 0) is 4.79 Å². The van der Waals surface area contributed by atoms with E-state index in [4.69, 9.17) is 11.6 Å². The van der Waals surface area contributed by atoms with E-state index in [1.807, 2.05) is 0 Å². The quantitative estimate of drug-likeness (QED) is 0.404. The first-order valence-corrected chi connectivity index (χ1v) is 11.0. The van der Waals surface area contributed by atoms with E-state index >= 15 is 0 Å². The molecule has 1 fully saturated rings. The summed E-state index contributed by atoms with van der Waals surface area (Å²) in [6.07, 6.45) is -0.966. The molecule has 3 rings (SSSR count). The molecule has 1 N–H and O–H groups in total. The minimum Gasteiger partial charge on any atom is -0.361 e. The number of nitrogens with one attached hydrogen (secondary N) is 1. The summed E-state index contributed by atoms with van der Waals surface area (Å²) in [4.78, 5) is 31.7. The number of anilines is 2. The molecule has 11 heteroatoms. The maximum absolute atomic E-state index is 14.5. The number of hydrogen-bond donors (Lipinski definition) is 1. The van der Waals surface area contributed by atoms with Crippen LogP contribution in [0.15, 0.2) is 53.5 Å². The third-order valence-electron chi connectivity index (χ3n) is 4.45. The van der Waals surface area contributed by atoms with Gasteiger partial charge in [-0.15, -0.1) is 11.6 Å². The van der Waals surface area contributed by atoms with Gasteiger partial charge in [-0.05, 0) is 24.3 Å². The van der Waals surface area contributed by atoms with Gasteiger partial charge in [0, 0.05) is 7.05 Å². The van der Waals surface area contributed by atoms with Gasteiger partial charge in [0.1, 0.15) is 21.3 Å². The average molecular weight is 572 g/mol. The third-order valence-corrected chi connectivity index (χ3v) is 6.94. The van der Waals surface area contributed by atoms with E-state index in [0.29, 0.717) is 11.3 Å². The highest BCUT2D eigenvalue weighted by Gasteiger charge is 2.44. The van der Waals surface area contributed by atoms with Gasteiger partial charge in [-0.3, -0.25) is 9.69 Å². The number of hydrogen-bond acceptors (Lipinski definition) is 5. The van der Waals surface area contributed by atoms with Crippen molar-refractivity contribution in [1.82, 2.24) is 4.90 Å². The van der Waals surface area contributed by atoms with Gasteiger partial charge in [-0.2, -0.15) is 5.26 Å². The molecule has 7 nitrogen and oxygen atoms in total. The Balaban J connectivity index is 2.13. The van der Waals surface area contributed by atoms with Gasteiger partial charge in [0.2, 0.25) is 5.84 Å². The van der Waals surface area contributed by atoms with E-state index in [1.54, 1.807) is 30.3 Å². The molecule has 2 aromatic carbocycles. The predicted molar refractivity (Wildman–Crippen MR) is 124 cm³/mol. The molecule has 0 aliphatic carbocycles. The van der Waals surface area contributed by atoms with E-state index in [9.17, 15) is 19.2 Å². The number of amidine groups is 1. The van der Waals surface area contributed by atoms with Crippen molar-refractivity contribution in [3.8, 4) is 6.07 Å². The SMILES string of the molecule is CN1C(=O)C(=NC(Nc2ccccc2C#N)C(Br)(Br)CCl)N(c2ccccc2F)C1=O. The van der Waals surface area contributed by atoms with Crippen LogP contribution in [0.3, 0.4) is 0 Å². The van der Waals surface area contributed by atoms with Gasteiger partial charge < -0.3 is 5.32 Å². The molecule has 1 saturated heterocycles. The summed E-state index contributed by atoms with van der Waals surface area (Å²) in [5.41, 5.74) is 0.672. The number of nitriles is 1. The smallest absolute Gasteiger partial charge is 0.337 e. The average Bonchev–Trinajstić information content (AvgIpc) is 2.97. The van der Waals surface area contributed by atoms with Crippen LogP contribution in [0.5, 0.6) is 0 Å². The number of benzene rings is 2. The number of urea groups is 1. The van der Waals surface area contributed by atoms with Crippen molar-refractivity contribution in [3.05, 3.63) is 59.9 Å². The first-order valence-electron chi connectivity index (χ1n) is 8.85. The van der Waals surface area contributed by atoms with E-state index in [2.05, 4.69) is 48.2 Å². The number of carbonyl (C=O) groups is 2. The Morgan fingerprint density at radius 2 is 1.87 bits per heavy atom. The Kier molecular flexibility index (Phi) is 6.99. The minimum atomic E-state index is -1.07. The van der Waals surface area contributed by atoms with E-state index in [-0.39, 0.29) is 17.4 Å². The van der Waals surface area contributed by atoms with Crippen molar-refractivity contribution in [2.75, 3.05) is 23.1 Å². The fourth-order valence-electron chi connectivity index (χ4n) is 2.82. The number of para-hydroxylation sites is 2. The first-order chi connectivity index (χ1) is 14.7. The molecular formula is C20H15Br2ClFN5O2. The number of amides is 3. The molecule has 31 heavy (non-hydrogen) atoms. The third kappa shape index (κ3) is 4.59. The Labute approximate surface area is 199 Å². The van der Waals surface area contributed by atoms with Crippen LogP contribution in [0.1, 0.15) is 5.56 Å². The number of alkyl halides is 3. The fourth-order valence-corrected chi connectivity index (χ4v) is 3.40. The molecule has 1 heterocycles. The van der Waals surface area contributed by atoms with Gasteiger partial charge in [0.05, 0.1) is 22.8 Å². The number of aliphatic imine (C=N–C) groups is 1. The monoisotopic (exact) mass is 569 g/mol. The molecule has 1 aliphatic heterocycles. The molecule has 0 radical (unpaired) electrons. The second-order valence-corrected chi connectivity index (χ2v) is 10.6.